The summed E-state index contributed by atoms with van der Waals surface area (Å²) in [5, 5.41) is 14.7. The zero-order chi connectivity index (χ0) is 21.4. The number of benzene rings is 1. The fourth-order valence-electron chi connectivity index (χ4n) is 3.65. The van der Waals surface area contributed by atoms with E-state index in [1.165, 1.54) is 18.0 Å². The fourth-order valence-corrected chi connectivity index (χ4v) is 4.97. The maximum atomic E-state index is 12.3. The first-order valence-electron chi connectivity index (χ1n) is 9.02. The van der Waals surface area contributed by atoms with Crippen molar-refractivity contribution in [3.8, 4) is 0 Å². The molecule has 156 valence electrons. The van der Waals surface area contributed by atoms with Gasteiger partial charge in [-0.05, 0) is 29.8 Å². The maximum Gasteiger partial charge on any atom is 0.338 e. The lowest BCUT2D eigenvalue weighted by Crippen LogP contribution is -2.55. The number of azide groups is 1. The monoisotopic (exact) mass is 431 g/mol. The minimum absolute atomic E-state index is 0.280. The summed E-state index contributed by atoms with van der Waals surface area (Å²) < 4.78 is 11.3. The van der Waals surface area contributed by atoms with Gasteiger partial charge in [-0.3, -0.25) is 14.3 Å². The molecule has 2 saturated heterocycles. The van der Waals surface area contributed by atoms with Crippen molar-refractivity contribution in [3.63, 3.8) is 0 Å². The highest BCUT2D eigenvalue weighted by Crippen LogP contribution is 2.59. The summed E-state index contributed by atoms with van der Waals surface area (Å²) in [4.78, 5) is 41.0. The van der Waals surface area contributed by atoms with Crippen LogP contribution in [0.15, 0.2) is 57.3 Å². The molecule has 0 aliphatic carbocycles. The average Bonchev–Trinajstić information content (AvgIpc) is 2.96. The average molecular weight is 431 g/mol. The van der Waals surface area contributed by atoms with Gasteiger partial charge in [-0.2, -0.15) is 0 Å². The van der Waals surface area contributed by atoms with Crippen molar-refractivity contribution in [1.82, 2.24) is 9.55 Å². The number of thioether (sulfide) groups is 1. The van der Waals surface area contributed by atoms with Gasteiger partial charge in [0.25, 0.3) is 5.56 Å². The number of nitrogens with zero attached hydrogens (tertiary/aromatic N) is 4. The van der Waals surface area contributed by atoms with Gasteiger partial charge in [-0.25, -0.2) is 9.59 Å². The normalized spacial score (nSPS) is 29.8. The van der Waals surface area contributed by atoms with Crippen LogP contribution in [0.25, 0.3) is 10.4 Å². The summed E-state index contributed by atoms with van der Waals surface area (Å²) in [5.41, 5.74) is 6.13. The first-order chi connectivity index (χ1) is 14.4. The SMILES string of the molecule is [N-]=[N+]=N[C@]1(COC(=O)c2ccccc2)O[C@@H](n2ccc(=O)[nH]c2=O)[C@@]2(CCS2)[C@@H]1O. The highest BCUT2D eigenvalue weighted by Gasteiger charge is 2.67. The molecule has 4 rings (SSSR count). The van der Waals surface area contributed by atoms with Crippen molar-refractivity contribution in [3.05, 3.63) is 79.4 Å². The van der Waals surface area contributed by atoms with Gasteiger partial charge in [-0.15, -0.1) is 11.8 Å². The van der Waals surface area contributed by atoms with E-state index in [0.717, 1.165) is 10.6 Å². The lowest BCUT2D eigenvalue weighted by atomic mass is 9.91. The number of ether oxygens (including phenoxy) is 2. The number of rotatable bonds is 5. The molecule has 1 aromatic carbocycles. The molecular formula is C18H17N5O6S. The van der Waals surface area contributed by atoms with Crippen molar-refractivity contribution in [2.45, 2.75) is 29.2 Å². The number of hydrogen-bond acceptors (Lipinski definition) is 8. The molecule has 2 aliphatic heterocycles. The Morgan fingerprint density at radius 1 is 1.40 bits per heavy atom. The molecule has 2 aromatic rings. The molecule has 2 aliphatic rings. The number of aliphatic hydroxyl groups excluding tert-OH is 1. The van der Waals surface area contributed by atoms with E-state index in [4.69, 9.17) is 15.0 Å². The second kappa shape index (κ2) is 7.65. The van der Waals surface area contributed by atoms with E-state index in [1.807, 2.05) is 0 Å². The molecule has 0 amide bonds. The molecule has 30 heavy (non-hydrogen) atoms. The molecule has 2 N–H and O–H groups in total. The second-order valence-electron chi connectivity index (χ2n) is 6.92. The van der Waals surface area contributed by atoms with Crippen LogP contribution in [-0.2, 0) is 9.47 Å². The van der Waals surface area contributed by atoms with Crippen molar-refractivity contribution >= 4 is 17.7 Å². The molecule has 0 unspecified atom stereocenters. The van der Waals surface area contributed by atoms with Gasteiger partial charge in [0.2, 0.25) is 5.72 Å². The predicted molar refractivity (Wildman–Crippen MR) is 106 cm³/mol. The van der Waals surface area contributed by atoms with E-state index < -0.39 is 46.6 Å². The summed E-state index contributed by atoms with van der Waals surface area (Å²) in [6.07, 6.45) is -0.699. The Kier molecular flexibility index (Phi) is 5.16. The van der Waals surface area contributed by atoms with Crippen LogP contribution in [-0.4, -0.2) is 49.6 Å². The van der Waals surface area contributed by atoms with E-state index in [1.54, 1.807) is 30.3 Å². The number of esters is 1. The number of aromatic nitrogens is 2. The maximum absolute atomic E-state index is 12.3. The van der Waals surface area contributed by atoms with Crippen molar-refractivity contribution in [2.24, 2.45) is 5.11 Å². The smallest absolute Gasteiger partial charge is 0.338 e. The van der Waals surface area contributed by atoms with Crippen molar-refractivity contribution in [2.75, 3.05) is 12.4 Å². The van der Waals surface area contributed by atoms with Crippen LogP contribution in [0.3, 0.4) is 0 Å². The second-order valence-corrected chi connectivity index (χ2v) is 8.38. The van der Waals surface area contributed by atoms with Crippen molar-refractivity contribution in [1.29, 1.82) is 0 Å². The molecule has 12 heteroatoms. The van der Waals surface area contributed by atoms with Crippen LogP contribution in [0.5, 0.6) is 0 Å². The van der Waals surface area contributed by atoms with Gasteiger partial charge < -0.3 is 14.6 Å². The van der Waals surface area contributed by atoms with Crippen molar-refractivity contribution < 1.29 is 19.4 Å². The van der Waals surface area contributed by atoms with E-state index in [0.29, 0.717) is 12.2 Å². The van der Waals surface area contributed by atoms with Gasteiger partial charge in [-0.1, -0.05) is 23.3 Å². The number of aliphatic hydroxyl groups is 1. The lowest BCUT2D eigenvalue weighted by Gasteiger charge is -2.43. The minimum atomic E-state index is -1.94. The number of aromatic amines is 1. The van der Waals surface area contributed by atoms with Crippen LogP contribution in [0.4, 0.5) is 0 Å². The number of carbonyl (C=O) groups excluding carboxylic acids is 1. The molecule has 1 aromatic heterocycles. The number of carbonyl (C=O) groups is 1. The Morgan fingerprint density at radius 2 is 2.13 bits per heavy atom. The van der Waals surface area contributed by atoms with E-state index >= 15 is 0 Å². The van der Waals surface area contributed by atoms with E-state index in [9.17, 15) is 19.5 Å². The molecule has 3 heterocycles. The Labute approximate surface area is 173 Å². The van der Waals surface area contributed by atoms with Crippen LogP contribution in [0.2, 0.25) is 0 Å². The summed E-state index contributed by atoms with van der Waals surface area (Å²) >= 11 is 1.35. The molecule has 1 spiro atoms. The van der Waals surface area contributed by atoms with Gasteiger partial charge in [0, 0.05) is 17.2 Å². The quantitative estimate of drug-likeness (QED) is 0.311. The third kappa shape index (κ3) is 3.19. The molecule has 0 radical (unpaired) electrons. The molecular weight excluding hydrogens is 414 g/mol. The molecule has 11 nitrogen and oxygen atoms in total. The first kappa shape index (κ1) is 20.2. The van der Waals surface area contributed by atoms with Crippen LogP contribution < -0.4 is 11.2 Å². The number of nitrogens with one attached hydrogen (secondary N) is 1. The van der Waals surface area contributed by atoms with Crippen LogP contribution in [0, 0.1) is 0 Å². The summed E-state index contributed by atoms with van der Waals surface area (Å²) in [5.74, 6) is 0.00410. The van der Waals surface area contributed by atoms with Gasteiger partial charge in [0.15, 0.2) is 6.23 Å². The Hall–Kier alpha value is -3.05. The minimum Gasteiger partial charge on any atom is -0.459 e. The van der Waals surface area contributed by atoms with E-state index in [2.05, 4.69) is 15.0 Å². The van der Waals surface area contributed by atoms with Crippen LogP contribution in [0.1, 0.15) is 23.0 Å². The van der Waals surface area contributed by atoms with Crippen LogP contribution >= 0.6 is 11.8 Å². The first-order valence-corrected chi connectivity index (χ1v) is 10.0. The largest absolute Gasteiger partial charge is 0.459 e. The highest BCUT2D eigenvalue weighted by molar-refractivity contribution is 8.02. The number of hydrogen-bond donors (Lipinski definition) is 2. The zero-order valence-corrected chi connectivity index (χ0v) is 16.3. The van der Waals surface area contributed by atoms with E-state index in [-0.39, 0.29) is 5.56 Å². The Balaban J connectivity index is 1.68. The predicted octanol–water partition coefficient (Wildman–Crippen LogP) is 1.17. The fraction of sp³-hybridized carbons (Fsp3) is 0.389. The summed E-state index contributed by atoms with van der Waals surface area (Å²) in [6, 6.07) is 9.34. The number of H-pyrrole nitrogens is 1. The van der Waals surface area contributed by atoms with Gasteiger partial charge in [0.1, 0.15) is 12.7 Å². The molecule has 4 atom stereocenters. The molecule has 2 fully saturated rings. The summed E-state index contributed by atoms with van der Waals surface area (Å²) in [6.45, 7) is -0.553. The third-order valence-corrected chi connectivity index (χ3v) is 6.80. The van der Waals surface area contributed by atoms with Gasteiger partial charge in [0.05, 0.1) is 10.3 Å². The molecule has 0 saturated carbocycles. The topological polar surface area (TPSA) is 159 Å². The highest BCUT2D eigenvalue weighted by atomic mass is 32.2. The Bertz CT molecular complexity index is 1120. The standard InChI is InChI=1S/C18H17N5O6S/c19-22-21-18(10-28-13(25)11-4-2-1-3-5-11)14(26)17(7-9-30-17)15(29-18)23-8-6-12(24)20-16(23)27/h1-6,8,14-15,26H,7,9-10H2,(H,20,24,27)/t14-,15+,17+,18+/m0/s1. The summed E-state index contributed by atoms with van der Waals surface area (Å²) in [7, 11) is 0. The van der Waals surface area contributed by atoms with Gasteiger partial charge >= 0.3 is 11.7 Å². The third-order valence-electron chi connectivity index (χ3n) is 5.22. The molecule has 0 bridgehead atoms. The zero-order valence-electron chi connectivity index (χ0n) is 15.5. The lowest BCUT2D eigenvalue weighted by molar-refractivity contribution is -0.126. The Morgan fingerprint density at radius 3 is 2.73 bits per heavy atom.